The van der Waals surface area contributed by atoms with Crippen molar-refractivity contribution in [1.82, 2.24) is 19.7 Å². The number of nitrogens with one attached hydrogen (secondary N) is 1. The number of ether oxygens (including phenoxy) is 1. The molecule has 7 heteroatoms. The Morgan fingerprint density at radius 3 is 2.80 bits per heavy atom. The number of methoxy groups -OCH3 is 1. The SMILES string of the molecule is CCC(=O)c1cnccc1Nc1cccc(-c2ncn(C)n2)c1OC. The molecule has 1 N–H and O–H groups in total. The van der Waals surface area contributed by atoms with Crippen LogP contribution in [0.3, 0.4) is 0 Å². The Labute approximate surface area is 145 Å². The van der Waals surface area contributed by atoms with E-state index in [1.807, 2.05) is 32.2 Å². The number of hydrogen-bond acceptors (Lipinski definition) is 6. The van der Waals surface area contributed by atoms with E-state index in [2.05, 4.69) is 20.4 Å². The fourth-order valence-electron chi connectivity index (χ4n) is 2.56. The first-order chi connectivity index (χ1) is 12.1. The lowest BCUT2D eigenvalue weighted by Gasteiger charge is -2.15. The van der Waals surface area contributed by atoms with Crippen LogP contribution in [0.1, 0.15) is 23.7 Å². The van der Waals surface area contributed by atoms with Gasteiger partial charge in [0.25, 0.3) is 0 Å². The predicted molar refractivity (Wildman–Crippen MR) is 95.1 cm³/mol. The van der Waals surface area contributed by atoms with Gasteiger partial charge in [-0.15, -0.1) is 0 Å². The molecule has 0 aliphatic heterocycles. The fourth-order valence-corrected chi connectivity index (χ4v) is 2.56. The quantitative estimate of drug-likeness (QED) is 0.696. The second-order valence-electron chi connectivity index (χ2n) is 5.45. The molecule has 0 unspecified atom stereocenters. The molecule has 0 atom stereocenters. The van der Waals surface area contributed by atoms with Gasteiger partial charge >= 0.3 is 0 Å². The van der Waals surface area contributed by atoms with Crippen LogP contribution in [0, 0.1) is 0 Å². The minimum Gasteiger partial charge on any atom is -0.494 e. The highest BCUT2D eigenvalue weighted by Crippen LogP contribution is 2.36. The predicted octanol–water partition coefficient (Wildman–Crippen LogP) is 3.22. The Hall–Kier alpha value is -3.22. The van der Waals surface area contributed by atoms with Gasteiger partial charge in [-0.1, -0.05) is 13.0 Å². The summed E-state index contributed by atoms with van der Waals surface area (Å²) in [7, 11) is 3.41. The van der Waals surface area contributed by atoms with Gasteiger partial charge in [-0.05, 0) is 18.2 Å². The minimum atomic E-state index is 0.0251. The van der Waals surface area contributed by atoms with E-state index in [9.17, 15) is 4.79 Å². The van der Waals surface area contributed by atoms with Gasteiger partial charge in [0.2, 0.25) is 0 Å². The van der Waals surface area contributed by atoms with E-state index in [4.69, 9.17) is 4.74 Å². The van der Waals surface area contributed by atoms with Crippen LogP contribution in [0.25, 0.3) is 11.4 Å². The number of Topliss-reactive ketones (excluding diaryl/α,β-unsaturated/α-hetero) is 1. The number of ketones is 1. The zero-order valence-corrected chi connectivity index (χ0v) is 14.4. The number of benzene rings is 1. The highest BCUT2D eigenvalue weighted by atomic mass is 16.5. The van der Waals surface area contributed by atoms with Gasteiger partial charge in [-0.3, -0.25) is 14.5 Å². The van der Waals surface area contributed by atoms with Crippen LogP contribution < -0.4 is 10.1 Å². The van der Waals surface area contributed by atoms with Crippen LogP contribution in [0.5, 0.6) is 5.75 Å². The average molecular weight is 337 g/mol. The summed E-state index contributed by atoms with van der Waals surface area (Å²) in [6.45, 7) is 1.83. The third-order valence-corrected chi connectivity index (χ3v) is 3.77. The second-order valence-corrected chi connectivity index (χ2v) is 5.45. The van der Waals surface area contributed by atoms with Gasteiger partial charge in [0.05, 0.1) is 29.6 Å². The van der Waals surface area contributed by atoms with E-state index in [1.54, 1.807) is 36.6 Å². The van der Waals surface area contributed by atoms with Gasteiger partial charge in [-0.25, -0.2) is 4.98 Å². The van der Waals surface area contributed by atoms with Crippen molar-refractivity contribution in [3.63, 3.8) is 0 Å². The molecule has 0 amide bonds. The van der Waals surface area contributed by atoms with Crippen LogP contribution in [0.15, 0.2) is 43.0 Å². The van der Waals surface area contributed by atoms with E-state index in [1.165, 1.54) is 0 Å². The summed E-state index contributed by atoms with van der Waals surface area (Å²) in [6, 6.07) is 7.43. The lowest BCUT2D eigenvalue weighted by atomic mass is 10.1. The third kappa shape index (κ3) is 3.35. The van der Waals surface area contributed by atoms with Crippen molar-refractivity contribution in [1.29, 1.82) is 0 Å². The number of anilines is 2. The maximum absolute atomic E-state index is 12.1. The molecule has 1 aromatic carbocycles. The smallest absolute Gasteiger partial charge is 0.184 e. The summed E-state index contributed by atoms with van der Waals surface area (Å²) in [4.78, 5) is 20.5. The third-order valence-electron chi connectivity index (χ3n) is 3.77. The first kappa shape index (κ1) is 16.6. The van der Waals surface area contributed by atoms with Gasteiger partial charge < -0.3 is 10.1 Å². The molecule has 0 saturated carbocycles. The Morgan fingerprint density at radius 1 is 1.28 bits per heavy atom. The highest BCUT2D eigenvalue weighted by Gasteiger charge is 2.16. The van der Waals surface area contributed by atoms with Crippen LogP contribution in [-0.4, -0.2) is 32.6 Å². The summed E-state index contributed by atoms with van der Waals surface area (Å²) >= 11 is 0. The van der Waals surface area contributed by atoms with Gasteiger partial charge in [0.1, 0.15) is 6.33 Å². The lowest BCUT2D eigenvalue weighted by Crippen LogP contribution is -2.04. The molecule has 25 heavy (non-hydrogen) atoms. The minimum absolute atomic E-state index is 0.0251. The molecule has 2 heterocycles. The number of hydrogen-bond donors (Lipinski definition) is 1. The Kier molecular flexibility index (Phi) is 4.74. The average Bonchev–Trinajstić information content (AvgIpc) is 3.07. The molecule has 7 nitrogen and oxygen atoms in total. The van der Waals surface area contributed by atoms with Crippen LogP contribution >= 0.6 is 0 Å². The molecule has 3 rings (SSSR count). The van der Waals surface area contributed by atoms with E-state index in [0.29, 0.717) is 29.2 Å². The monoisotopic (exact) mass is 337 g/mol. The van der Waals surface area contributed by atoms with Gasteiger partial charge in [-0.2, -0.15) is 5.10 Å². The normalized spacial score (nSPS) is 10.5. The molecule has 3 aromatic rings. The molecule has 128 valence electrons. The molecule has 0 fully saturated rings. The van der Waals surface area contributed by atoms with Crippen molar-refractivity contribution >= 4 is 17.2 Å². The first-order valence-electron chi connectivity index (χ1n) is 7.91. The Bertz CT molecular complexity index is 904. The number of carbonyl (C=O) groups is 1. The van der Waals surface area contributed by atoms with Crippen molar-refractivity contribution in [2.75, 3.05) is 12.4 Å². The number of aryl methyl sites for hydroxylation is 1. The largest absolute Gasteiger partial charge is 0.494 e. The molecule has 0 spiro atoms. The topological polar surface area (TPSA) is 81.9 Å². The Morgan fingerprint density at radius 2 is 2.12 bits per heavy atom. The van der Waals surface area contributed by atoms with Crippen molar-refractivity contribution in [3.05, 3.63) is 48.5 Å². The lowest BCUT2D eigenvalue weighted by molar-refractivity contribution is 0.0988. The summed E-state index contributed by atoms with van der Waals surface area (Å²) in [6.07, 6.45) is 5.27. The molecule has 0 aliphatic carbocycles. The van der Waals surface area contributed by atoms with Crippen LogP contribution in [-0.2, 0) is 7.05 Å². The molecule has 0 saturated heterocycles. The van der Waals surface area contributed by atoms with Crippen molar-refractivity contribution in [3.8, 4) is 17.1 Å². The number of aromatic nitrogens is 4. The Balaban J connectivity index is 2.03. The molecule has 0 radical (unpaired) electrons. The van der Waals surface area contributed by atoms with E-state index >= 15 is 0 Å². The summed E-state index contributed by atoms with van der Waals surface area (Å²) in [5, 5.41) is 7.61. The first-order valence-corrected chi connectivity index (χ1v) is 7.91. The number of para-hydroxylation sites is 1. The molecular weight excluding hydrogens is 318 g/mol. The summed E-state index contributed by atoms with van der Waals surface area (Å²) in [5.74, 6) is 1.21. The number of rotatable bonds is 6. The van der Waals surface area contributed by atoms with E-state index < -0.39 is 0 Å². The molecular formula is C18H19N5O2. The van der Waals surface area contributed by atoms with E-state index in [-0.39, 0.29) is 5.78 Å². The van der Waals surface area contributed by atoms with Gasteiger partial charge in [0, 0.05) is 25.9 Å². The summed E-state index contributed by atoms with van der Waals surface area (Å²) in [5.41, 5.74) is 2.73. The zero-order valence-electron chi connectivity index (χ0n) is 14.4. The highest BCUT2D eigenvalue weighted by molar-refractivity contribution is 6.01. The number of carbonyl (C=O) groups excluding carboxylic acids is 1. The van der Waals surface area contributed by atoms with Gasteiger partial charge in [0.15, 0.2) is 17.4 Å². The zero-order chi connectivity index (χ0) is 17.8. The number of pyridine rings is 1. The number of nitrogens with zero attached hydrogens (tertiary/aromatic N) is 4. The van der Waals surface area contributed by atoms with E-state index in [0.717, 1.165) is 11.3 Å². The standard InChI is InChI=1S/C18H19N5O2/c1-4-16(24)13-10-19-9-8-14(13)21-15-7-5-6-12(17(15)25-3)18-20-11-23(2)22-18/h5-11H,4H2,1-3H3,(H,19,21). The second kappa shape index (κ2) is 7.12. The van der Waals surface area contributed by atoms with Crippen LogP contribution in [0.2, 0.25) is 0 Å². The van der Waals surface area contributed by atoms with Crippen molar-refractivity contribution < 1.29 is 9.53 Å². The van der Waals surface area contributed by atoms with Crippen molar-refractivity contribution in [2.45, 2.75) is 13.3 Å². The molecule has 0 aliphatic rings. The van der Waals surface area contributed by atoms with Crippen molar-refractivity contribution in [2.24, 2.45) is 7.05 Å². The molecule has 2 aromatic heterocycles. The maximum Gasteiger partial charge on any atom is 0.184 e. The fraction of sp³-hybridized carbons (Fsp3) is 0.222. The summed E-state index contributed by atoms with van der Waals surface area (Å²) < 4.78 is 7.22. The molecule has 0 bridgehead atoms. The van der Waals surface area contributed by atoms with Crippen LogP contribution in [0.4, 0.5) is 11.4 Å². The maximum atomic E-state index is 12.1.